The maximum atomic E-state index is 14.3. The molecule has 0 unspecified atom stereocenters. The third-order valence-corrected chi connectivity index (χ3v) is 13.5. The fraction of sp³-hybridized carbons (Fsp3) is 0.900. The minimum absolute atomic E-state index is 0.0166. The van der Waals surface area contributed by atoms with E-state index in [9.17, 15) is 15.0 Å². The van der Waals surface area contributed by atoms with Crippen LogP contribution in [-0.4, -0.2) is 27.7 Å². The SMILES string of the molecule is C=C(C)[C@@H]1CC[C@]2(C)CC[C@]3(C)[C@H](CC[C@@]4(O)[C@@]3(C)C(=O)C[C@H]3C(C)(C)[C@@H](O)CC[C@@]34C)[C@@H]12. The zero-order valence-corrected chi connectivity index (χ0v) is 22.3. The van der Waals surface area contributed by atoms with Gasteiger partial charge in [-0.3, -0.25) is 4.79 Å². The Kier molecular flexibility index (Phi) is 4.92. The van der Waals surface area contributed by atoms with Crippen molar-refractivity contribution in [1.82, 2.24) is 0 Å². The summed E-state index contributed by atoms with van der Waals surface area (Å²) in [5.41, 5.74) is -1.03. The van der Waals surface area contributed by atoms with Gasteiger partial charge in [0.2, 0.25) is 0 Å². The number of allylic oxidation sites excluding steroid dienone is 1. The third kappa shape index (κ3) is 2.52. The summed E-state index contributed by atoms with van der Waals surface area (Å²) in [6, 6.07) is 0. The first-order chi connectivity index (χ1) is 15.1. The summed E-state index contributed by atoms with van der Waals surface area (Å²) >= 11 is 0. The van der Waals surface area contributed by atoms with Gasteiger partial charge in [0.15, 0.2) is 0 Å². The van der Waals surface area contributed by atoms with Crippen LogP contribution >= 0.6 is 0 Å². The first-order valence-electron chi connectivity index (χ1n) is 13.7. The second-order valence-corrected chi connectivity index (χ2v) is 14.7. The van der Waals surface area contributed by atoms with Gasteiger partial charge in [-0.2, -0.15) is 0 Å². The molecule has 0 aromatic carbocycles. The third-order valence-electron chi connectivity index (χ3n) is 13.5. The lowest BCUT2D eigenvalue weighted by atomic mass is 9.30. The second kappa shape index (κ2) is 6.75. The number of ketones is 1. The van der Waals surface area contributed by atoms with Crippen LogP contribution in [0.3, 0.4) is 0 Å². The summed E-state index contributed by atoms with van der Waals surface area (Å²) in [6.45, 7) is 20.1. The van der Waals surface area contributed by atoms with E-state index in [1.54, 1.807) is 0 Å². The number of hydrogen-bond acceptors (Lipinski definition) is 3. The predicted molar refractivity (Wildman–Crippen MR) is 132 cm³/mol. The molecule has 0 amide bonds. The summed E-state index contributed by atoms with van der Waals surface area (Å²) in [6.07, 6.45) is 7.99. The van der Waals surface area contributed by atoms with Gasteiger partial charge in [0.25, 0.3) is 0 Å². The molecule has 0 aliphatic heterocycles. The summed E-state index contributed by atoms with van der Waals surface area (Å²) in [5.74, 6) is 1.84. The highest BCUT2D eigenvalue weighted by molar-refractivity contribution is 5.89. The molecular weight excluding hydrogens is 408 g/mol. The molecule has 0 aromatic heterocycles. The Morgan fingerprint density at radius 3 is 2.21 bits per heavy atom. The van der Waals surface area contributed by atoms with Crippen molar-refractivity contribution in [2.24, 2.45) is 50.7 Å². The summed E-state index contributed by atoms with van der Waals surface area (Å²) < 4.78 is 0. The van der Waals surface area contributed by atoms with Gasteiger partial charge in [0, 0.05) is 11.8 Å². The molecule has 2 N–H and O–H groups in total. The van der Waals surface area contributed by atoms with Crippen molar-refractivity contribution in [3.8, 4) is 0 Å². The van der Waals surface area contributed by atoms with Crippen LogP contribution in [0.25, 0.3) is 0 Å². The van der Waals surface area contributed by atoms with Crippen molar-refractivity contribution in [3.05, 3.63) is 12.2 Å². The highest BCUT2D eigenvalue weighted by Gasteiger charge is 2.78. The normalized spacial score (nSPS) is 57.5. The van der Waals surface area contributed by atoms with E-state index in [4.69, 9.17) is 0 Å². The van der Waals surface area contributed by atoms with Gasteiger partial charge in [-0.25, -0.2) is 0 Å². The number of aliphatic hydroxyl groups is 2. The number of Topliss-reactive ketones (excluding diaryl/α,β-unsaturated/α-hetero) is 1. The molecule has 0 spiro atoms. The lowest BCUT2D eigenvalue weighted by Gasteiger charge is -2.74. The Morgan fingerprint density at radius 1 is 0.909 bits per heavy atom. The van der Waals surface area contributed by atoms with Gasteiger partial charge in [-0.1, -0.05) is 46.8 Å². The van der Waals surface area contributed by atoms with Crippen LogP contribution in [-0.2, 0) is 4.79 Å². The molecule has 33 heavy (non-hydrogen) atoms. The van der Waals surface area contributed by atoms with Gasteiger partial charge in [0.1, 0.15) is 5.78 Å². The molecule has 0 bridgehead atoms. The van der Waals surface area contributed by atoms with Crippen molar-refractivity contribution in [2.45, 2.75) is 118 Å². The molecule has 10 atom stereocenters. The van der Waals surface area contributed by atoms with Crippen molar-refractivity contribution in [1.29, 1.82) is 0 Å². The van der Waals surface area contributed by atoms with E-state index in [0.717, 1.165) is 25.7 Å². The first-order valence-corrected chi connectivity index (χ1v) is 13.7. The van der Waals surface area contributed by atoms with Crippen LogP contribution in [0, 0.1) is 50.7 Å². The van der Waals surface area contributed by atoms with Gasteiger partial charge < -0.3 is 10.2 Å². The molecular formula is C30H48O3. The van der Waals surface area contributed by atoms with E-state index < -0.39 is 17.1 Å². The van der Waals surface area contributed by atoms with Crippen LogP contribution in [0.5, 0.6) is 0 Å². The second-order valence-electron chi connectivity index (χ2n) is 14.7. The number of hydrogen-bond donors (Lipinski definition) is 2. The number of aliphatic hydroxyl groups excluding tert-OH is 1. The molecule has 0 saturated heterocycles. The molecule has 5 aliphatic carbocycles. The van der Waals surface area contributed by atoms with Crippen LogP contribution < -0.4 is 0 Å². The minimum Gasteiger partial charge on any atom is -0.393 e. The van der Waals surface area contributed by atoms with Crippen LogP contribution in [0.1, 0.15) is 106 Å². The molecule has 186 valence electrons. The molecule has 0 radical (unpaired) electrons. The van der Waals surface area contributed by atoms with Gasteiger partial charge >= 0.3 is 0 Å². The molecule has 5 rings (SSSR count). The van der Waals surface area contributed by atoms with Gasteiger partial charge in [-0.15, -0.1) is 0 Å². The van der Waals surface area contributed by atoms with Crippen LogP contribution in [0.4, 0.5) is 0 Å². The maximum Gasteiger partial charge on any atom is 0.142 e. The van der Waals surface area contributed by atoms with Gasteiger partial charge in [0.05, 0.1) is 17.1 Å². The highest BCUT2D eigenvalue weighted by atomic mass is 16.3. The maximum absolute atomic E-state index is 14.3. The largest absolute Gasteiger partial charge is 0.393 e. The Bertz CT molecular complexity index is 891. The standard InChI is InChI=1S/C30H48O3/c1-18(2)19-9-12-26(5)15-16-27(6)20(24(19)26)10-14-30(33)28(7)13-11-22(31)25(3,4)21(28)17-23(32)29(27,30)8/h19-22,24,31,33H,1,9-17H2,2-8H3/t19-,20+,21-,22-,24+,26+,27+,28-,29-,30-/m0/s1. The minimum atomic E-state index is -1.02. The average Bonchev–Trinajstić information content (AvgIpc) is 3.09. The molecule has 3 heteroatoms. The lowest BCUT2D eigenvalue weighted by molar-refractivity contribution is -0.305. The average molecular weight is 457 g/mol. The van der Waals surface area contributed by atoms with Gasteiger partial charge in [-0.05, 0) is 105 Å². The molecule has 0 aromatic rings. The fourth-order valence-corrected chi connectivity index (χ4v) is 11.1. The van der Waals surface area contributed by atoms with E-state index in [-0.39, 0.29) is 27.9 Å². The van der Waals surface area contributed by atoms with E-state index >= 15 is 0 Å². The first kappa shape index (κ1) is 24.0. The van der Waals surface area contributed by atoms with E-state index in [1.807, 2.05) is 0 Å². The monoisotopic (exact) mass is 456 g/mol. The van der Waals surface area contributed by atoms with Crippen LogP contribution in [0.2, 0.25) is 0 Å². The Labute approximate surface area is 201 Å². The Balaban J connectivity index is 1.64. The van der Waals surface area contributed by atoms with E-state index in [1.165, 1.54) is 18.4 Å². The number of fused-ring (bicyclic) bond motifs is 7. The topological polar surface area (TPSA) is 57.5 Å². The predicted octanol–water partition coefficient (Wildman–Crippen LogP) is 6.32. The number of carbonyl (C=O) groups excluding carboxylic acids is 1. The lowest BCUT2D eigenvalue weighted by Crippen LogP contribution is -2.78. The summed E-state index contributed by atoms with van der Waals surface area (Å²) in [4.78, 5) is 14.3. The van der Waals surface area contributed by atoms with E-state index in [2.05, 4.69) is 55.0 Å². The number of carbonyl (C=O) groups is 1. The quantitative estimate of drug-likeness (QED) is 0.454. The molecule has 0 heterocycles. The van der Waals surface area contributed by atoms with Crippen molar-refractivity contribution in [2.75, 3.05) is 0 Å². The smallest absolute Gasteiger partial charge is 0.142 e. The highest BCUT2D eigenvalue weighted by Crippen LogP contribution is 2.77. The molecule has 5 fully saturated rings. The Morgan fingerprint density at radius 2 is 1.58 bits per heavy atom. The molecule has 5 aliphatic rings. The Hall–Kier alpha value is -0.670. The van der Waals surface area contributed by atoms with E-state index in [0.29, 0.717) is 42.4 Å². The van der Waals surface area contributed by atoms with Crippen molar-refractivity contribution < 1.29 is 15.0 Å². The fourth-order valence-electron chi connectivity index (χ4n) is 11.1. The zero-order valence-electron chi connectivity index (χ0n) is 22.3. The zero-order chi connectivity index (χ0) is 24.4. The van der Waals surface area contributed by atoms with Crippen molar-refractivity contribution in [3.63, 3.8) is 0 Å². The molecule has 3 nitrogen and oxygen atoms in total. The summed E-state index contributed by atoms with van der Waals surface area (Å²) in [7, 11) is 0. The number of rotatable bonds is 1. The van der Waals surface area contributed by atoms with Crippen molar-refractivity contribution >= 4 is 5.78 Å². The van der Waals surface area contributed by atoms with Crippen LogP contribution in [0.15, 0.2) is 12.2 Å². The summed E-state index contributed by atoms with van der Waals surface area (Å²) in [5, 5.41) is 23.7. The molecule has 5 saturated carbocycles.